The Bertz CT molecular complexity index is 691. The first kappa shape index (κ1) is 13.1. The molecule has 0 bridgehead atoms. The van der Waals surface area contributed by atoms with E-state index in [1.54, 1.807) is 30.4 Å². The molecule has 0 unspecified atom stereocenters. The molecule has 0 spiro atoms. The molecular weight excluding hydrogens is 272 g/mol. The highest BCUT2D eigenvalue weighted by molar-refractivity contribution is 7.16. The minimum Gasteiger partial charge on any atom is -0.390 e. The van der Waals surface area contributed by atoms with Crippen molar-refractivity contribution in [3.63, 3.8) is 0 Å². The Morgan fingerprint density at radius 2 is 2.05 bits per heavy atom. The summed E-state index contributed by atoms with van der Waals surface area (Å²) in [6.07, 6.45) is 4.49. The van der Waals surface area contributed by atoms with Gasteiger partial charge in [0.1, 0.15) is 0 Å². The number of hydrogen-bond acceptors (Lipinski definition) is 4. The van der Waals surface area contributed by atoms with E-state index in [1.165, 1.54) is 23.3 Å². The highest BCUT2D eigenvalue weighted by atomic mass is 32.1. The Morgan fingerprint density at radius 1 is 1.30 bits per heavy atom. The van der Waals surface area contributed by atoms with Gasteiger partial charge in [-0.1, -0.05) is 12.1 Å². The molecule has 104 valence electrons. The van der Waals surface area contributed by atoms with E-state index in [1.807, 2.05) is 6.07 Å². The number of hydrogen-bond donors (Lipinski definition) is 1. The molecule has 20 heavy (non-hydrogen) atoms. The molecule has 5 heteroatoms. The molecule has 1 aliphatic rings. The van der Waals surface area contributed by atoms with Gasteiger partial charge in [-0.2, -0.15) is 0 Å². The summed E-state index contributed by atoms with van der Waals surface area (Å²) in [5.41, 5.74) is 10.2. The second-order valence-electron chi connectivity index (χ2n) is 5.21. The number of rotatable bonds is 2. The molecule has 0 saturated heterocycles. The Balaban J connectivity index is 2.16. The number of aryl methyl sites for hydroxylation is 2. The van der Waals surface area contributed by atoms with E-state index in [0.717, 1.165) is 29.0 Å². The van der Waals surface area contributed by atoms with E-state index < -0.39 is 0 Å². The SMILES string of the molecule is Cc1ccc(-c2c(N)sc3c2CCCC3)cc1[N+](=O)[O-]. The van der Waals surface area contributed by atoms with Gasteiger partial charge in [0, 0.05) is 22.1 Å². The van der Waals surface area contributed by atoms with Crippen molar-refractivity contribution in [1.82, 2.24) is 0 Å². The van der Waals surface area contributed by atoms with Crippen molar-refractivity contribution in [3.05, 3.63) is 44.3 Å². The summed E-state index contributed by atoms with van der Waals surface area (Å²) in [5, 5.41) is 11.9. The lowest BCUT2D eigenvalue weighted by Gasteiger charge is -2.13. The van der Waals surface area contributed by atoms with Gasteiger partial charge in [0.05, 0.1) is 9.92 Å². The summed E-state index contributed by atoms with van der Waals surface area (Å²) in [7, 11) is 0. The van der Waals surface area contributed by atoms with Crippen LogP contribution in [0.15, 0.2) is 18.2 Å². The van der Waals surface area contributed by atoms with E-state index in [-0.39, 0.29) is 10.6 Å². The number of nitro groups is 1. The minimum absolute atomic E-state index is 0.164. The van der Waals surface area contributed by atoms with Crippen LogP contribution in [0.4, 0.5) is 10.7 Å². The first-order valence-electron chi connectivity index (χ1n) is 6.73. The third-order valence-electron chi connectivity index (χ3n) is 3.89. The molecule has 0 amide bonds. The van der Waals surface area contributed by atoms with Crippen LogP contribution in [0.25, 0.3) is 11.1 Å². The summed E-state index contributed by atoms with van der Waals surface area (Å²) < 4.78 is 0. The molecule has 0 aliphatic heterocycles. The zero-order chi connectivity index (χ0) is 14.3. The number of thiophene rings is 1. The number of fused-ring (bicyclic) bond motifs is 1. The monoisotopic (exact) mass is 288 g/mol. The summed E-state index contributed by atoms with van der Waals surface area (Å²) >= 11 is 1.64. The highest BCUT2D eigenvalue weighted by Gasteiger charge is 2.22. The Labute approximate surface area is 121 Å². The fraction of sp³-hybridized carbons (Fsp3) is 0.333. The second kappa shape index (κ2) is 4.90. The zero-order valence-corrected chi connectivity index (χ0v) is 12.1. The lowest BCUT2D eigenvalue weighted by Crippen LogP contribution is -2.00. The van der Waals surface area contributed by atoms with Gasteiger partial charge < -0.3 is 5.73 Å². The Hall–Kier alpha value is -1.88. The van der Waals surface area contributed by atoms with Crippen LogP contribution in [-0.4, -0.2) is 4.92 Å². The number of nitrogens with zero attached hydrogens (tertiary/aromatic N) is 1. The third kappa shape index (κ3) is 2.08. The number of nitrogen functional groups attached to an aromatic ring is 1. The first-order valence-corrected chi connectivity index (χ1v) is 7.55. The van der Waals surface area contributed by atoms with E-state index in [4.69, 9.17) is 5.73 Å². The fourth-order valence-electron chi connectivity index (χ4n) is 2.87. The number of benzene rings is 1. The van der Waals surface area contributed by atoms with E-state index in [2.05, 4.69) is 0 Å². The molecule has 0 atom stereocenters. The van der Waals surface area contributed by atoms with Crippen LogP contribution in [0.2, 0.25) is 0 Å². The topological polar surface area (TPSA) is 69.2 Å². The van der Waals surface area contributed by atoms with Gasteiger partial charge in [-0.3, -0.25) is 10.1 Å². The van der Waals surface area contributed by atoms with Gasteiger partial charge in [0.2, 0.25) is 0 Å². The summed E-state index contributed by atoms with van der Waals surface area (Å²) in [6, 6.07) is 5.40. The van der Waals surface area contributed by atoms with Crippen molar-refractivity contribution in [1.29, 1.82) is 0 Å². The summed E-state index contributed by atoms with van der Waals surface area (Å²) in [4.78, 5) is 12.1. The van der Waals surface area contributed by atoms with Gasteiger partial charge in [0.15, 0.2) is 0 Å². The molecule has 0 radical (unpaired) electrons. The largest absolute Gasteiger partial charge is 0.390 e. The van der Waals surface area contributed by atoms with Gasteiger partial charge in [0.25, 0.3) is 5.69 Å². The van der Waals surface area contributed by atoms with Crippen LogP contribution < -0.4 is 5.73 Å². The Morgan fingerprint density at radius 3 is 2.80 bits per heavy atom. The molecule has 4 nitrogen and oxygen atoms in total. The molecule has 2 N–H and O–H groups in total. The van der Waals surface area contributed by atoms with E-state index in [0.29, 0.717) is 5.56 Å². The maximum absolute atomic E-state index is 11.1. The van der Waals surface area contributed by atoms with Gasteiger partial charge in [-0.25, -0.2) is 0 Å². The minimum atomic E-state index is -0.326. The lowest BCUT2D eigenvalue weighted by molar-refractivity contribution is -0.385. The summed E-state index contributed by atoms with van der Waals surface area (Å²) in [6.45, 7) is 1.76. The normalized spacial score (nSPS) is 14.1. The molecule has 1 heterocycles. The van der Waals surface area contributed by atoms with Crippen LogP contribution >= 0.6 is 11.3 Å². The van der Waals surface area contributed by atoms with Crippen molar-refractivity contribution in [2.75, 3.05) is 5.73 Å². The smallest absolute Gasteiger partial charge is 0.272 e. The standard InChI is InChI=1S/C15H16N2O2S/c1-9-6-7-10(8-12(9)17(18)19)14-11-4-2-3-5-13(11)20-15(14)16/h6-8H,2-5,16H2,1H3. The van der Waals surface area contributed by atoms with Gasteiger partial charge in [-0.15, -0.1) is 11.3 Å². The van der Waals surface area contributed by atoms with Crippen molar-refractivity contribution in [2.45, 2.75) is 32.6 Å². The van der Waals surface area contributed by atoms with Crippen LogP contribution in [0, 0.1) is 17.0 Å². The molecule has 0 saturated carbocycles. The third-order valence-corrected chi connectivity index (χ3v) is 5.01. The average molecular weight is 288 g/mol. The van der Waals surface area contributed by atoms with Crippen LogP contribution in [-0.2, 0) is 12.8 Å². The molecule has 3 rings (SSSR count). The maximum Gasteiger partial charge on any atom is 0.272 e. The van der Waals surface area contributed by atoms with Crippen LogP contribution in [0.3, 0.4) is 0 Å². The van der Waals surface area contributed by atoms with Crippen molar-refractivity contribution in [3.8, 4) is 11.1 Å². The highest BCUT2D eigenvalue weighted by Crippen LogP contribution is 2.43. The summed E-state index contributed by atoms with van der Waals surface area (Å²) in [5.74, 6) is 0. The van der Waals surface area contributed by atoms with Crippen LogP contribution in [0.5, 0.6) is 0 Å². The molecule has 1 aromatic heterocycles. The zero-order valence-electron chi connectivity index (χ0n) is 11.3. The first-order chi connectivity index (χ1) is 9.58. The lowest BCUT2D eigenvalue weighted by atomic mass is 9.92. The quantitative estimate of drug-likeness (QED) is 0.668. The van der Waals surface area contributed by atoms with Crippen molar-refractivity contribution >= 4 is 22.0 Å². The molecule has 2 aromatic rings. The van der Waals surface area contributed by atoms with Crippen molar-refractivity contribution < 1.29 is 4.92 Å². The molecule has 0 fully saturated rings. The predicted octanol–water partition coefficient (Wildman–Crippen LogP) is 4.09. The number of nitrogens with two attached hydrogens (primary N) is 1. The van der Waals surface area contributed by atoms with Gasteiger partial charge >= 0.3 is 0 Å². The van der Waals surface area contributed by atoms with Gasteiger partial charge in [-0.05, 0) is 43.7 Å². The van der Waals surface area contributed by atoms with E-state index >= 15 is 0 Å². The Kier molecular flexibility index (Phi) is 3.22. The van der Waals surface area contributed by atoms with Crippen molar-refractivity contribution in [2.24, 2.45) is 0 Å². The second-order valence-corrected chi connectivity index (χ2v) is 6.35. The number of anilines is 1. The van der Waals surface area contributed by atoms with E-state index in [9.17, 15) is 10.1 Å². The van der Waals surface area contributed by atoms with Crippen LogP contribution in [0.1, 0.15) is 28.8 Å². The maximum atomic E-state index is 11.1. The fourth-order valence-corrected chi connectivity index (χ4v) is 4.05. The molecule has 1 aliphatic carbocycles. The predicted molar refractivity (Wildman–Crippen MR) is 82.2 cm³/mol. The molecule has 1 aromatic carbocycles. The molecular formula is C15H16N2O2S. The average Bonchev–Trinajstić information content (AvgIpc) is 2.75. The number of nitro benzene ring substituents is 1.